The zero-order valence-corrected chi connectivity index (χ0v) is 11.1. The minimum absolute atomic E-state index is 0.0201. The van der Waals surface area contributed by atoms with E-state index in [2.05, 4.69) is 5.32 Å². The molecule has 0 aliphatic rings. The molecular formula is C14H10ClF2NO2. The lowest BCUT2D eigenvalue weighted by atomic mass is 10.1. The summed E-state index contributed by atoms with van der Waals surface area (Å²) in [5.74, 6) is -3.21. The van der Waals surface area contributed by atoms with Crippen LogP contribution in [0.1, 0.15) is 15.9 Å². The van der Waals surface area contributed by atoms with Crippen molar-refractivity contribution in [2.24, 2.45) is 0 Å². The number of phenols is 1. The molecule has 6 heteroatoms. The standard InChI is InChI=1S/C14H10ClF2NO2/c1-7-5-12(19)11(6-8(7)15)18-14(20)13-9(16)3-2-4-10(13)17/h2-6,19H,1H3,(H,18,20). The van der Waals surface area contributed by atoms with E-state index in [-0.39, 0.29) is 11.4 Å². The average molecular weight is 298 g/mol. The third kappa shape index (κ3) is 2.72. The van der Waals surface area contributed by atoms with Gasteiger partial charge in [-0.15, -0.1) is 0 Å². The molecule has 0 heterocycles. The number of aryl methyl sites for hydroxylation is 1. The van der Waals surface area contributed by atoms with Crippen molar-refractivity contribution in [2.75, 3.05) is 5.32 Å². The van der Waals surface area contributed by atoms with Crippen LogP contribution >= 0.6 is 11.6 Å². The first-order chi connectivity index (χ1) is 9.40. The van der Waals surface area contributed by atoms with Crippen molar-refractivity contribution in [3.63, 3.8) is 0 Å². The lowest BCUT2D eigenvalue weighted by Gasteiger charge is -2.10. The van der Waals surface area contributed by atoms with E-state index < -0.39 is 23.1 Å². The summed E-state index contributed by atoms with van der Waals surface area (Å²) in [5, 5.41) is 12.2. The number of hydrogen-bond donors (Lipinski definition) is 2. The number of aromatic hydroxyl groups is 1. The van der Waals surface area contributed by atoms with E-state index in [1.165, 1.54) is 12.1 Å². The zero-order chi connectivity index (χ0) is 14.9. The maximum atomic E-state index is 13.5. The summed E-state index contributed by atoms with van der Waals surface area (Å²) in [6, 6.07) is 5.75. The molecule has 0 aliphatic heterocycles. The molecule has 0 atom stereocenters. The molecule has 104 valence electrons. The maximum Gasteiger partial charge on any atom is 0.261 e. The largest absolute Gasteiger partial charge is 0.506 e. The van der Waals surface area contributed by atoms with E-state index in [0.717, 1.165) is 18.2 Å². The molecule has 0 aromatic heterocycles. The summed E-state index contributed by atoms with van der Waals surface area (Å²) in [4.78, 5) is 11.9. The van der Waals surface area contributed by atoms with Gasteiger partial charge in [-0.1, -0.05) is 17.7 Å². The van der Waals surface area contributed by atoms with Crippen molar-refractivity contribution in [1.29, 1.82) is 0 Å². The van der Waals surface area contributed by atoms with Crippen molar-refractivity contribution >= 4 is 23.2 Å². The second kappa shape index (κ2) is 5.46. The third-order valence-corrected chi connectivity index (χ3v) is 3.12. The minimum atomic E-state index is -1.00. The van der Waals surface area contributed by atoms with Crippen LogP contribution in [0.15, 0.2) is 30.3 Å². The number of nitrogens with one attached hydrogen (secondary N) is 1. The summed E-state index contributed by atoms with van der Waals surface area (Å²) in [7, 11) is 0. The minimum Gasteiger partial charge on any atom is -0.506 e. The molecule has 2 aromatic carbocycles. The Morgan fingerprint density at radius 1 is 1.25 bits per heavy atom. The Morgan fingerprint density at radius 2 is 1.85 bits per heavy atom. The highest BCUT2D eigenvalue weighted by Gasteiger charge is 2.18. The molecular weight excluding hydrogens is 288 g/mol. The summed E-state index contributed by atoms with van der Waals surface area (Å²) >= 11 is 5.87. The molecule has 2 N–H and O–H groups in total. The highest BCUT2D eigenvalue weighted by molar-refractivity contribution is 6.31. The van der Waals surface area contributed by atoms with Crippen molar-refractivity contribution < 1.29 is 18.7 Å². The van der Waals surface area contributed by atoms with Crippen LogP contribution in [0, 0.1) is 18.6 Å². The fourth-order valence-electron chi connectivity index (χ4n) is 1.67. The number of benzene rings is 2. The van der Waals surface area contributed by atoms with Gasteiger partial charge in [0.1, 0.15) is 22.9 Å². The fourth-order valence-corrected chi connectivity index (χ4v) is 1.83. The maximum absolute atomic E-state index is 13.5. The van der Waals surface area contributed by atoms with Crippen LogP contribution in [-0.4, -0.2) is 11.0 Å². The van der Waals surface area contributed by atoms with Crippen molar-refractivity contribution in [2.45, 2.75) is 6.92 Å². The Balaban J connectivity index is 2.35. The van der Waals surface area contributed by atoms with Gasteiger partial charge in [0, 0.05) is 5.02 Å². The van der Waals surface area contributed by atoms with Gasteiger partial charge in [-0.05, 0) is 36.8 Å². The molecule has 2 aromatic rings. The number of rotatable bonds is 2. The van der Waals surface area contributed by atoms with Gasteiger partial charge in [-0.25, -0.2) is 8.78 Å². The summed E-state index contributed by atoms with van der Waals surface area (Å²) in [6.45, 7) is 1.67. The summed E-state index contributed by atoms with van der Waals surface area (Å²) < 4.78 is 26.9. The Bertz CT molecular complexity index is 669. The molecule has 0 bridgehead atoms. The van der Waals surface area contributed by atoms with Gasteiger partial charge in [0.2, 0.25) is 0 Å². The molecule has 20 heavy (non-hydrogen) atoms. The van der Waals surface area contributed by atoms with Crippen LogP contribution in [0.3, 0.4) is 0 Å². The molecule has 0 radical (unpaired) electrons. The Hall–Kier alpha value is -2.14. The molecule has 0 spiro atoms. The van der Waals surface area contributed by atoms with Crippen molar-refractivity contribution in [3.05, 3.63) is 58.1 Å². The Labute approximate surface area is 118 Å². The van der Waals surface area contributed by atoms with E-state index in [0.29, 0.717) is 10.6 Å². The molecule has 2 rings (SSSR count). The first-order valence-electron chi connectivity index (χ1n) is 5.64. The predicted octanol–water partition coefficient (Wildman–Crippen LogP) is 3.88. The quantitative estimate of drug-likeness (QED) is 0.826. The predicted molar refractivity (Wildman–Crippen MR) is 72.2 cm³/mol. The Morgan fingerprint density at radius 3 is 2.45 bits per heavy atom. The van der Waals surface area contributed by atoms with Crippen LogP contribution in [0.25, 0.3) is 0 Å². The molecule has 0 fully saturated rings. The number of amides is 1. The highest BCUT2D eigenvalue weighted by Crippen LogP contribution is 2.30. The zero-order valence-electron chi connectivity index (χ0n) is 10.4. The Kier molecular flexibility index (Phi) is 3.90. The van der Waals surface area contributed by atoms with Crippen molar-refractivity contribution in [1.82, 2.24) is 0 Å². The normalized spacial score (nSPS) is 10.4. The molecule has 3 nitrogen and oxygen atoms in total. The van der Waals surface area contributed by atoms with Crippen LogP contribution in [-0.2, 0) is 0 Å². The lowest BCUT2D eigenvalue weighted by molar-refractivity contribution is 0.101. The number of carbonyl (C=O) groups is 1. The van der Waals surface area contributed by atoms with E-state index in [4.69, 9.17) is 11.6 Å². The van der Waals surface area contributed by atoms with Gasteiger partial charge in [0.25, 0.3) is 5.91 Å². The average Bonchev–Trinajstić information content (AvgIpc) is 2.35. The van der Waals surface area contributed by atoms with Crippen LogP contribution in [0.4, 0.5) is 14.5 Å². The second-order valence-electron chi connectivity index (χ2n) is 4.17. The molecule has 1 amide bonds. The number of carbonyl (C=O) groups excluding carboxylic acids is 1. The summed E-state index contributed by atoms with van der Waals surface area (Å²) in [5.41, 5.74) is -0.129. The van der Waals surface area contributed by atoms with Crippen molar-refractivity contribution in [3.8, 4) is 5.75 Å². The van der Waals surface area contributed by atoms with E-state index in [1.54, 1.807) is 6.92 Å². The van der Waals surface area contributed by atoms with Gasteiger partial charge < -0.3 is 10.4 Å². The lowest BCUT2D eigenvalue weighted by Crippen LogP contribution is -2.16. The molecule has 0 saturated heterocycles. The van der Waals surface area contributed by atoms with E-state index in [1.807, 2.05) is 0 Å². The first kappa shape index (κ1) is 14.3. The summed E-state index contributed by atoms with van der Waals surface area (Å²) in [6.07, 6.45) is 0. The van der Waals surface area contributed by atoms with E-state index in [9.17, 15) is 18.7 Å². The number of hydrogen-bond acceptors (Lipinski definition) is 2. The first-order valence-corrected chi connectivity index (χ1v) is 6.02. The van der Waals surface area contributed by atoms with Crippen LogP contribution in [0.5, 0.6) is 5.75 Å². The van der Waals surface area contributed by atoms with E-state index >= 15 is 0 Å². The number of anilines is 1. The third-order valence-electron chi connectivity index (χ3n) is 2.71. The van der Waals surface area contributed by atoms with Gasteiger partial charge >= 0.3 is 0 Å². The monoisotopic (exact) mass is 297 g/mol. The SMILES string of the molecule is Cc1cc(O)c(NC(=O)c2c(F)cccc2F)cc1Cl. The van der Waals surface area contributed by atoms with Gasteiger partial charge in [-0.2, -0.15) is 0 Å². The topological polar surface area (TPSA) is 49.3 Å². The molecule has 0 saturated carbocycles. The van der Waals surface area contributed by atoms with Gasteiger partial charge in [0.05, 0.1) is 5.69 Å². The fraction of sp³-hybridized carbons (Fsp3) is 0.0714. The van der Waals surface area contributed by atoms with Crippen LogP contribution < -0.4 is 5.32 Å². The second-order valence-corrected chi connectivity index (χ2v) is 4.58. The van der Waals surface area contributed by atoms with Crippen LogP contribution in [0.2, 0.25) is 5.02 Å². The van der Waals surface area contributed by atoms with Gasteiger partial charge in [0.15, 0.2) is 0 Å². The number of halogens is 3. The number of phenolic OH excluding ortho intramolecular Hbond substituents is 1. The molecule has 0 aliphatic carbocycles. The highest BCUT2D eigenvalue weighted by atomic mass is 35.5. The molecule has 0 unspecified atom stereocenters. The smallest absolute Gasteiger partial charge is 0.261 e. The van der Waals surface area contributed by atoms with Gasteiger partial charge in [-0.3, -0.25) is 4.79 Å².